The molecule has 0 bridgehead atoms. The zero-order valence-corrected chi connectivity index (χ0v) is 11.6. The van der Waals surface area contributed by atoms with Crippen LogP contribution < -0.4 is 5.73 Å². The lowest BCUT2D eigenvalue weighted by Crippen LogP contribution is -2.11. The molecule has 0 saturated heterocycles. The van der Waals surface area contributed by atoms with E-state index < -0.39 is 0 Å². The Morgan fingerprint density at radius 1 is 1.24 bits per heavy atom. The minimum absolute atomic E-state index is 0.657. The quantitative estimate of drug-likeness (QED) is 0.878. The lowest BCUT2D eigenvalue weighted by molar-refractivity contribution is 0.666. The summed E-state index contributed by atoms with van der Waals surface area (Å²) < 4.78 is 1.04. The highest BCUT2D eigenvalue weighted by atomic mass is 79.9. The fraction of sp³-hybridized carbons (Fsp3) is 0.333. The Morgan fingerprint density at radius 2 is 2.06 bits per heavy atom. The number of hydrogen-bond acceptors (Lipinski definition) is 4. The van der Waals surface area contributed by atoms with E-state index >= 15 is 0 Å². The molecule has 1 aliphatic rings. The maximum absolute atomic E-state index is 6.04. The van der Waals surface area contributed by atoms with Crippen LogP contribution in [0.15, 0.2) is 15.9 Å². The average molecular weight is 310 g/mol. The maximum atomic E-state index is 6.04. The van der Waals surface area contributed by atoms with Crippen LogP contribution in [0.1, 0.15) is 24.1 Å². The van der Waals surface area contributed by atoms with Crippen molar-refractivity contribution in [1.29, 1.82) is 0 Å². The van der Waals surface area contributed by atoms with Gasteiger partial charge in [0.05, 0.1) is 4.88 Å². The number of rotatable bonds is 1. The largest absolute Gasteiger partial charge is 0.383 e. The van der Waals surface area contributed by atoms with E-state index in [1.165, 1.54) is 12.8 Å². The fourth-order valence-corrected chi connectivity index (χ4v) is 3.66. The Hall–Kier alpha value is -0.940. The molecule has 88 valence electrons. The smallest absolute Gasteiger partial charge is 0.173 e. The molecule has 0 saturated carbocycles. The van der Waals surface area contributed by atoms with Crippen molar-refractivity contribution in [2.45, 2.75) is 25.7 Å². The third-order valence-corrected chi connectivity index (χ3v) is 4.87. The van der Waals surface area contributed by atoms with Crippen LogP contribution in [0, 0.1) is 0 Å². The van der Waals surface area contributed by atoms with Gasteiger partial charge in [-0.3, -0.25) is 0 Å². The second-order valence-electron chi connectivity index (χ2n) is 4.16. The lowest BCUT2D eigenvalue weighted by atomic mass is 9.96. The van der Waals surface area contributed by atoms with Crippen molar-refractivity contribution in [2.24, 2.45) is 0 Å². The van der Waals surface area contributed by atoms with Crippen molar-refractivity contribution in [3.05, 3.63) is 27.2 Å². The number of anilines is 1. The third-order valence-electron chi connectivity index (χ3n) is 3.04. The molecule has 17 heavy (non-hydrogen) atoms. The summed E-state index contributed by atoms with van der Waals surface area (Å²) in [6.07, 6.45) is 4.45. The molecule has 2 aromatic heterocycles. The van der Waals surface area contributed by atoms with Gasteiger partial charge in [0.15, 0.2) is 5.82 Å². The number of hydrogen-bond donors (Lipinski definition) is 1. The van der Waals surface area contributed by atoms with E-state index in [4.69, 9.17) is 5.73 Å². The molecule has 2 heterocycles. The number of thiophene rings is 1. The number of aromatic nitrogens is 2. The van der Waals surface area contributed by atoms with E-state index in [2.05, 4.69) is 25.9 Å². The van der Waals surface area contributed by atoms with E-state index in [0.717, 1.165) is 39.3 Å². The van der Waals surface area contributed by atoms with Gasteiger partial charge in [-0.15, -0.1) is 11.3 Å². The normalized spacial score (nSPS) is 14.6. The molecule has 5 heteroatoms. The van der Waals surface area contributed by atoms with Crippen LogP contribution in [0.25, 0.3) is 10.7 Å². The molecule has 0 amide bonds. The first-order chi connectivity index (χ1) is 8.25. The minimum Gasteiger partial charge on any atom is -0.383 e. The van der Waals surface area contributed by atoms with Gasteiger partial charge in [-0.2, -0.15) is 0 Å². The Balaban J connectivity index is 2.14. The fourth-order valence-electron chi connectivity index (χ4n) is 2.18. The Labute approximate surface area is 112 Å². The SMILES string of the molecule is Nc1nc(-c2sccc2Br)nc2c1CCCC2. The molecule has 0 fully saturated rings. The highest BCUT2D eigenvalue weighted by Crippen LogP contribution is 2.33. The molecule has 0 spiro atoms. The van der Waals surface area contributed by atoms with E-state index in [-0.39, 0.29) is 0 Å². The van der Waals surface area contributed by atoms with E-state index in [1.807, 2.05) is 11.4 Å². The van der Waals surface area contributed by atoms with Gasteiger partial charge >= 0.3 is 0 Å². The van der Waals surface area contributed by atoms with Crippen LogP contribution in [0.4, 0.5) is 5.82 Å². The molecule has 1 aliphatic carbocycles. The van der Waals surface area contributed by atoms with Crippen molar-refractivity contribution in [3.8, 4) is 10.7 Å². The van der Waals surface area contributed by atoms with Gasteiger partial charge in [0, 0.05) is 15.7 Å². The maximum Gasteiger partial charge on any atom is 0.173 e. The van der Waals surface area contributed by atoms with E-state index in [0.29, 0.717) is 5.82 Å². The summed E-state index contributed by atoms with van der Waals surface area (Å²) in [6.45, 7) is 0. The standard InChI is InChI=1S/C12H12BrN3S/c13-8-5-6-17-10(8)12-15-9-4-2-1-3-7(9)11(14)16-12/h5-6H,1-4H2,(H2,14,15,16). The number of nitrogens with two attached hydrogens (primary N) is 1. The second-order valence-corrected chi connectivity index (χ2v) is 5.93. The molecule has 0 aliphatic heterocycles. The van der Waals surface area contributed by atoms with Crippen molar-refractivity contribution >= 4 is 33.1 Å². The number of aryl methyl sites for hydroxylation is 1. The van der Waals surface area contributed by atoms with Gasteiger partial charge in [-0.05, 0) is 53.1 Å². The predicted molar refractivity (Wildman–Crippen MR) is 74.1 cm³/mol. The van der Waals surface area contributed by atoms with Crippen LogP contribution in [0.3, 0.4) is 0 Å². The van der Waals surface area contributed by atoms with Crippen LogP contribution >= 0.6 is 27.3 Å². The van der Waals surface area contributed by atoms with Gasteiger partial charge in [0.2, 0.25) is 0 Å². The molecular formula is C12H12BrN3S. The summed E-state index contributed by atoms with van der Waals surface area (Å²) in [5.74, 6) is 1.41. The van der Waals surface area contributed by atoms with Crippen molar-refractivity contribution in [1.82, 2.24) is 9.97 Å². The topological polar surface area (TPSA) is 51.8 Å². The first-order valence-corrected chi connectivity index (χ1v) is 7.31. The van der Waals surface area contributed by atoms with Crippen molar-refractivity contribution in [2.75, 3.05) is 5.73 Å². The minimum atomic E-state index is 0.657. The summed E-state index contributed by atoms with van der Waals surface area (Å²) in [4.78, 5) is 10.2. The van der Waals surface area contributed by atoms with Gasteiger partial charge in [0.25, 0.3) is 0 Å². The molecule has 0 unspecified atom stereocenters. The van der Waals surface area contributed by atoms with Gasteiger partial charge in [-0.25, -0.2) is 9.97 Å². The van der Waals surface area contributed by atoms with E-state index in [1.54, 1.807) is 11.3 Å². The monoisotopic (exact) mass is 309 g/mol. The van der Waals surface area contributed by atoms with Gasteiger partial charge in [-0.1, -0.05) is 0 Å². The average Bonchev–Trinajstić information content (AvgIpc) is 2.75. The highest BCUT2D eigenvalue weighted by Gasteiger charge is 2.18. The number of fused-ring (bicyclic) bond motifs is 1. The lowest BCUT2D eigenvalue weighted by Gasteiger charge is -2.16. The molecule has 0 aromatic carbocycles. The number of nitrogens with zero attached hydrogens (tertiary/aromatic N) is 2. The molecular weight excluding hydrogens is 298 g/mol. The zero-order chi connectivity index (χ0) is 11.8. The summed E-state index contributed by atoms with van der Waals surface area (Å²) in [6, 6.07) is 2.01. The first-order valence-electron chi connectivity index (χ1n) is 5.64. The number of nitrogen functional groups attached to an aromatic ring is 1. The Bertz CT molecular complexity index is 565. The molecule has 0 atom stereocenters. The first kappa shape index (κ1) is 11.2. The summed E-state index contributed by atoms with van der Waals surface area (Å²) in [5, 5.41) is 2.03. The van der Waals surface area contributed by atoms with Crippen molar-refractivity contribution < 1.29 is 0 Å². The van der Waals surface area contributed by atoms with Crippen LogP contribution in [-0.2, 0) is 12.8 Å². The summed E-state index contributed by atoms with van der Waals surface area (Å²) in [7, 11) is 0. The van der Waals surface area contributed by atoms with Gasteiger partial charge < -0.3 is 5.73 Å². The van der Waals surface area contributed by atoms with Crippen molar-refractivity contribution in [3.63, 3.8) is 0 Å². The molecule has 2 aromatic rings. The summed E-state index contributed by atoms with van der Waals surface area (Å²) in [5.41, 5.74) is 8.33. The van der Waals surface area contributed by atoms with Crippen LogP contribution in [0.2, 0.25) is 0 Å². The Morgan fingerprint density at radius 3 is 2.82 bits per heavy atom. The predicted octanol–water partition coefficient (Wildman–Crippen LogP) is 3.43. The number of halogens is 1. The van der Waals surface area contributed by atoms with Gasteiger partial charge in [0.1, 0.15) is 5.82 Å². The zero-order valence-electron chi connectivity index (χ0n) is 9.24. The summed E-state index contributed by atoms with van der Waals surface area (Å²) >= 11 is 5.15. The van der Waals surface area contributed by atoms with Crippen LogP contribution in [0.5, 0.6) is 0 Å². The molecule has 2 N–H and O–H groups in total. The van der Waals surface area contributed by atoms with E-state index in [9.17, 15) is 0 Å². The highest BCUT2D eigenvalue weighted by molar-refractivity contribution is 9.10. The third kappa shape index (κ3) is 1.98. The molecule has 3 nitrogen and oxygen atoms in total. The molecule has 0 radical (unpaired) electrons. The molecule has 3 rings (SSSR count). The Kier molecular flexibility index (Phi) is 2.88. The second kappa shape index (κ2) is 4.38. The van der Waals surface area contributed by atoms with Crippen LogP contribution in [-0.4, -0.2) is 9.97 Å².